The molecule has 0 atom stereocenters. The van der Waals surface area contributed by atoms with Gasteiger partial charge in [0.2, 0.25) is 5.91 Å². The molecule has 0 unspecified atom stereocenters. The van der Waals surface area contributed by atoms with Crippen molar-refractivity contribution in [2.45, 2.75) is 26.7 Å². The molecule has 4 heteroatoms. The van der Waals surface area contributed by atoms with Crippen molar-refractivity contribution < 1.29 is 9.53 Å². The van der Waals surface area contributed by atoms with E-state index in [0.29, 0.717) is 6.42 Å². The van der Waals surface area contributed by atoms with Gasteiger partial charge in [0, 0.05) is 38.3 Å². The van der Waals surface area contributed by atoms with Gasteiger partial charge in [0.1, 0.15) is 5.75 Å². The van der Waals surface area contributed by atoms with Crippen LogP contribution >= 0.6 is 0 Å². The number of methoxy groups -OCH3 is 1. The van der Waals surface area contributed by atoms with E-state index in [9.17, 15) is 4.79 Å². The Morgan fingerprint density at radius 3 is 2.31 bits per heavy atom. The summed E-state index contributed by atoms with van der Waals surface area (Å²) < 4.78 is 5.21. The number of piperazine rings is 1. The van der Waals surface area contributed by atoms with E-state index in [1.54, 1.807) is 7.11 Å². The average Bonchev–Trinajstić information content (AvgIpc) is 2.67. The minimum absolute atomic E-state index is 0.263. The minimum Gasteiger partial charge on any atom is -0.497 e. The van der Waals surface area contributed by atoms with E-state index in [1.165, 1.54) is 22.4 Å². The maximum atomic E-state index is 12.6. The van der Waals surface area contributed by atoms with Crippen LogP contribution in [-0.4, -0.2) is 44.1 Å². The zero-order valence-electron chi connectivity index (χ0n) is 16.0. The summed E-state index contributed by atoms with van der Waals surface area (Å²) in [6, 6.07) is 14.6. The lowest BCUT2D eigenvalue weighted by molar-refractivity contribution is -0.131. The molecule has 1 amide bonds. The van der Waals surface area contributed by atoms with Gasteiger partial charge < -0.3 is 14.5 Å². The van der Waals surface area contributed by atoms with Crippen LogP contribution in [0.25, 0.3) is 0 Å². The molecule has 3 rings (SSSR count). The van der Waals surface area contributed by atoms with Crippen LogP contribution in [-0.2, 0) is 11.2 Å². The van der Waals surface area contributed by atoms with Gasteiger partial charge in [-0.15, -0.1) is 0 Å². The lowest BCUT2D eigenvalue weighted by Crippen LogP contribution is -2.48. The second-order valence-electron chi connectivity index (χ2n) is 7.00. The highest BCUT2D eigenvalue weighted by Gasteiger charge is 2.21. The highest BCUT2D eigenvalue weighted by Crippen LogP contribution is 2.21. The Bertz CT molecular complexity index is 747. The number of nitrogens with zero attached hydrogens (tertiary/aromatic N) is 2. The fraction of sp³-hybridized carbons (Fsp3) is 0.409. The third kappa shape index (κ3) is 4.37. The van der Waals surface area contributed by atoms with Crippen LogP contribution in [0.15, 0.2) is 42.5 Å². The summed E-state index contributed by atoms with van der Waals surface area (Å²) in [6.45, 7) is 7.56. The van der Waals surface area contributed by atoms with E-state index in [4.69, 9.17) is 4.74 Å². The lowest BCUT2D eigenvalue weighted by Gasteiger charge is -2.36. The molecule has 2 aromatic carbocycles. The van der Waals surface area contributed by atoms with Gasteiger partial charge >= 0.3 is 0 Å². The first kappa shape index (κ1) is 18.3. The van der Waals surface area contributed by atoms with E-state index in [2.05, 4.69) is 49.1 Å². The van der Waals surface area contributed by atoms with Crippen molar-refractivity contribution in [1.29, 1.82) is 0 Å². The standard InChI is InChI=1S/C22H28N2O2/c1-17-4-5-19(18(2)16-17)6-11-22(25)24-14-12-23(13-15-24)20-7-9-21(26-3)10-8-20/h4-5,7-10,16H,6,11-15H2,1-3H3. The third-order valence-corrected chi connectivity index (χ3v) is 5.18. The van der Waals surface area contributed by atoms with Crippen LogP contribution in [0.3, 0.4) is 0 Å². The predicted molar refractivity (Wildman–Crippen MR) is 106 cm³/mol. The fourth-order valence-corrected chi connectivity index (χ4v) is 3.53. The van der Waals surface area contributed by atoms with Crippen molar-refractivity contribution in [3.8, 4) is 5.75 Å². The summed E-state index contributed by atoms with van der Waals surface area (Å²) in [5.41, 5.74) is 5.02. The number of hydrogen-bond donors (Lipinski definition) is 0. The summed E-state index contributed by atoms with van der Waals surface area (Å²) in [7, 11) is 1.68. The number of carbonyl (C=O) groups is 1. The molecule has 1 heterocycles. The van der Waals surface area contributed by atoms with Crippen molar-refractivity contribution in [2.24, 2.45) is 0 Å². The minimum atomic E-state index is 0.263. The average molecular weight is 352 g/mol. The highest BCUT2D eigenvalue weighted by molar-refractivity contribution is 5.77. The molecule has 0 spiro atoms. The number of ether oxygens (including phenoxy) is 1. The molecule has 0 radical (unpaired) electrons. The van der Waals surface area contributed by atoms with Crippen LogP contribution in [0.2, 0.25) is 0 Å². The molecule has 26 heavy (non-hydrogen) atoms. The van der Waals surface area contributed by atoms with Crippen molar-refractivity contribution in [2.75, 3.05) is 38.2 Å². The largest absolute Gasteiger partial charge is 0.497 e. The van der Waals surface area contributed by atoms with Crippen molar-refractivity contribution in [1.82, 2.24) is 4.90 Å². The van der Waals surface area contributed by atoms with E-state index in [1.807, 2.05) is 17.0 Å². The Kier molecular flexibility index (Phi) is 5.82. The number of anilines is 1. The monoisotopic (exact) mass is 352 g/mol. The first-order valence-corrected chi connectivity index (χ1v) is 9.30. The molecule has 1 aliphatic rings. The molecule has 138 valence electrons. The van der Waals surface area contributed by atoms with Gasteiger partial charge in [-0.05, 0) is 55.7 Å². The first-order valence-electron chi connectivity index (χ1n) is 9.30. The smallest absolute Gasteiger partial charge is 0.223 e. The van der Waals surface area contributed by atoms with E-state index in [-0.39, 0.29) is 5.91 Å². The summed E-state index contributed by atoms with van der Waals surface area (Å²) >= 11 is 0. The van der Waals surface area contributed by atoms with E-state index in [0.717, 1.165) is 38.3 Å². The predicted octanol–water partition coefficient (Wildman–Crippen LogP) is 3.59. The maximum Gasteiger partial charge on any atom is 0.223 e. The van der Waals surface area contributed by atoms with Crippen LogP contribution < -0.4 is 9.64 Å². The topological polar surface area (TPSA) is 32.8 Å². The van der Waals surface area contributed by atoms with Gasteiger partial charge in [-0.1, -0.05) is 23.8 Å². The SMILES string of the molecule is COc1ccc(N2CCN(C(=O)CCc3ccc(C)cc3C)CC2)cc1. The highest BCUT2D eigenvalue weighted by atomic mass is 16.5. The molecular formula is C22H28N2O2. The molecule has 4 nitrogen and oxygen atoms in total. The molecule has 0 bridgehead atoms. The number of benzene rings is 2. The van der Waals surface area contributed by atoms with Gasteiger partial charge in [0.25, 0.3) is 0 Å². The molecule has 0 aliphatic carbocycles. The summed E-state index contributed by atoms with van der Waals surface area (Å²) in [6.07, 6.45) is 1.41. The zero-order valence-corrected chi connectivity index (χ0v) is 16.0. The van der Waals surface area contributed by atoms with E-state index >= 15 is 0 Å². The molecular weight excluding hydrogens is 324 g/mol. The van der Waals surface area contributed by atoms with Crippen LogP contribution in [0.5, 0.6) is 5.75 Å². The normalized spacial score (nSPS) is 14.4. The Hall–Kier alpha value is -2.49. The Morgan fingerprint density at radius 2 is 1.69 bits per heavy atom. The second-order valence-corrected chi connectivity index (χ2v) is 7.00. The lowest BCUT2D eigenvalue weighted by atomic mass is 10.0. The Labute approximate surface area is 156 Å². The number of aryl methyl sites for hydroxylation is 3. The molecule has 1 fully saturated rings. The number of amides is 1. The van der Waals surface area contributed by atoms with Gasteiger partial charge in [-0.3, -0.25) is 4.79 Å². The van der Waals surface area contributed by atoms with Gasteiger partial charge in [-0.2, -0.15) is 0 Å². The van der Waals surface area contributed by atoms with Crippen LogP contribution in [0.4, 0.5) is 5.69 Å². The van der Waals surface area contributed by atoms with Crippen molar-refractivity contribution in [3.63, 3.8) is 0 Å². The van der Waals surface area contributed by atoms with Gasteiger partial charge in [-0.25, -0.2) is 0 Å². The molecule has 1 aliphatic heterocycles. The maximum absolute atomic E-state index is 12.6. The van der Waals surface area contributed by atoms with Gasteiger partial charge in [0.15, 0.2) is 0 Å². The number of rotatable bonds is 5. The van der Waals surface area contributed by atoms with E-state index < -0.39 is 0 Å². The van der Waals surface area contributed by atoms with Gasteiger partial charge in [0.05, 0.1) is 7.11 Å². The van der Waals surface area contributed by atoms with Crippen molar-refractivity contribution in [3.05, 3.63) is 59.2 Å². The quantitative estimate of drug-likeness (QED) is 0.824. The molecule has 2 aromatic rings. The zero-order chi connectivity index (χ0) is 18.5. The summed E-state index contributed by atoms with van der Waals surface area (Å²) in [5, 5.41) is 0. The fourth-order valence-electron chi connectivity index (χ4n) is 3.53. The molecule has 0 saturated carbocycles. The van der Waals surface area contributed by atoms with Crippen molar-refractivity contribution >= 4 is 11.6 Å². The molecule has 0 aromatic heterocycles. The Morgan fingerprint density at radius 1 is 1.00 bits per heavy atom. The summed E-state index contributed by atoms with van der Waals surface area (Å²) in [5.74, 6) is 1.13. The number of hydrogen-bond acceptors (Lipinski definition) is 3. The molecule has 1 saturated heterocycles. The summed E-state index contributed by atoms with van der Waals surface area (Å²) in [4.78, 5) is 16.9. The third-order valence-electron chi connectivity index (χ3n) is 5.18. The number of carbonyl (C=O) groups excluding carboxylic acids is 1. The Balaban J connectivity index is 1.50. The van der Waals surface area contributed by atoms with Crippen LogP contribution in [0, 0.1) is 13.8 Å². The van der Waals surface area contributed by atoms with Crippen LogP contribution in [0.1, 0.15) is 23.1 Å². The second kappa shape index (κ2) is 8.26. The molecule has 0 N–H and O–H groups in total. The first-order chi connectivity index (χ1) is 12.6.